The molecule has 134 valence electrons. The molecule has 1 N–H and O–H groups in total. The maximum absolute atomic E-state index is 13.1. The van der Waals surface area contributed by atoms with Crippen LogP contribution in [0.25, 0.3) is 11.0 Å². The van der Waals surface area contributed by atoms with Gasteiger partial charge in [0.05, 0.1) is 17.4 Å². The fourth-order valence-corrected chi connectivity index (χ4v) is 3.76. The lowest BCUT2D eigenvalue weighted by atomic mass is 10.0. The van der Waals surface area contributed by atoms with Crippen molar-refractivity contribution in [3.63, 3.8) is 0 Å². The van der Waals surface area contributed by atoms with Gasteiger partial charge in [0, 0.05) is 26.7 Å². The number of amides is 1. The molecule has 0 spiro atoms. The molecule has 1 amide bonds. The van der Waals surface area contributed by atoms with E-state index < -0.39 is 0 Å². The van der Waals surface area contributed by atoms with Crippen LogP contribution in [0.4, 0.5) is 0 Å². The first-order chi connectivity index (χ1) is 12.7. The van der Waals surface area contributed by atoms with Crippen molar-refractivity contribution in [2.45, 2.75) is 25.4 Å². The van der Waals surface area contributed by atoms with Crippen molar-refractivity contribution < 1.29 is 4.79 Å². The Kier molecular flexibility index (Phi) is 4.71. The molecule has 26 heavy (non-hydrogen) atoms. The molecule has 1 unspecified atom stereocenters. The Bertz CT molecular complexity index is 897. The van der Waals surface area contributed by atoms with E-state index in [1.807, 2.05) is 65.3 Å². The summed E-state index contributed by atoms with van der Waals surface area (Å²) >= 11 is 0. The van der Waals surface area contributed by atoms with Gasteiger partial charge in [-0.2, -0.15) is 0 Å². The van der Waals surface area contributed by atoms with Gasteiger partial charge >= 0.3 is 0 Å². The lowest BCUT2D eigenvalue weighted by molar-refractivity contribution is -0.132. The summed E-state index contributed by atoms with van der Waals surface area (Å²) in [6.45, 7) is 2.35. The largest absolute Gasteiger partial charge is 0.341 e. The molecule has 5 nitrogen and oxygen atoms in total. The standard InChI is InChI=1S/C21H24N4O/c1-24-15-23-18-11-7-10-17(20(18)24)14-22-19(16-8-3-2-4-9-16)21(26)25-12-5-6-13-25/h2-4,7-11,15,19,22H,5-6,12-14H2,1H3. The van der Waals surface area contributed by atoms with Crippen molar-refractivity contribution in [2.75, 3.05) is 13.1 Å². The SMILES string of the molecule is Cn1cnc2cccc(CNC(C(=O)N3CCCC3)c3ccccc3)c21. The third kappa shape index (κ3) is 3.22. The number of carbonyl (C=O) groups excluding carboxylic acids is 1. The molecule has 5 heteroatoms. The fraction of sp³-hybridized carbons (Fsp3) is 0.333. The highest BCUT2D eigenvalue weighted by molar-refractivity contribution is 5.84. The number of hydrogen-bond acceptors (Lipinski definition) is 3. The first-order valence-corrected chi connectivity index (χ1v) is 9.20. The summed E-state index contributed by atoms with van der Waals surface area (Å²) in [5, 5.41) is 3.51. The molecule has 1 aliphatic heterocycles. The van der Waals surface area contributed by atoms with Crippen molar-refractivity contribution in [1.29, 1.82) is 0 Å². The number of rotatable bonds is 5. The highest BCUT2D eigenvalue weighted by Gasteiger charge is 2.27. The number of nitrogens with zero attached hydrogens (tertiary/aromatic N) is 3. The van der Waals surface area contributed by atoms with Gasteiger partial charge in [-0.25, -0.2) is 4.98 Å². The molecule has 3 aromatic rings. The lowest BCUT2D eigenvalue weighted by Crippen LogP contribution is -2.39. The van der Waals surface area contributed by atoms with E-state index in [1.54, 1.807) is 0 Å². The first-order valence-electron chi connectivity index (χ1n) is 9.20. The number of nitrogens with one attached hydrogen (secondary N) is 1. The van der Waals surface area contributed by atoms with E-state index in [-0.39, 0.29) is 11.9 Å². The van der Waals surface area contributed by atoms with Crippen molar-refractivity contribution in [3.05, 3.63) is 66.0 Å². The van der Waals surface area contributed by atoms with E-state index in [4.69, 9.17) is 0 Å². The highest BCUT2D eigenvalue weighted by atomic mass is 16.2. The molecule has 1 aliphatic rings. The molecule has 0 aliphatic carbocycles. The van der Waals surface area contributed by atoms with Crippen LogP contribution in [0.3, 0.4) is 0 Å². The molecule has 2 heterocycles. The number of benzene rings is 2. The van der Waals surface area contributed by atoms with Gasteiger partial charge in [0.1, 0.15) is 6.04 Å². The van der Waals surface area contributed by atoms with Crippen LogP contribution < -0.4 is 5.32 Å². The van der Waals surface area contributed by atoms with Gasteiger partial charge in [-0.1, -0.05) is 42.5 Å². The smallest absolute Gasteiger partial charge is 0.244 e. The molecule has 1 atom stereocenters. The molecule has 4 rings (SSSR count). The summed E-state index contributed by atoms with van der Waals surface area (Å²) < 4.78 is 2.03. The summed E-state index contributed by atoms with van der Waals surface area (Å²) in [5.74, 6) is 0.172. The van der Waals surface area contributed by atoms with E-state index in [2.05, 4.69) is 16.4 Å². The predicted molar refractivity (Wildman–Crippen MR) is 103 cm³/mol. The van der Waals surface area contributed by atoms with Gasteiger partial charge in [-0.15, -0.1) is 0 Å². The number of fused-ring (bicyclic) bond motifs is 1. The number of imidazole rings is 1. The maximum Gasteiger partial charge on any atom is 0.244 e. The monoisotopic (exact) mass is 348 g/mol. The quantitative estimate of drug-likeness (QED) is 0.771. The minimum atomic E-state index is -0.321. The van der Waals surface area contributed by atoms with Crippen LogP contribution in [0.15, 0.2) is 54.9 Å². The zero-order valence-electron chi connectivity index (χ0n) is 15.1. The molecule has 1 aromatic heterocycles. The maximum atomic E-state index is 13.1. The van der Waals surface area contributed by atoms with Gasteiger partial charge in [-0.05, 0) is 30.0 Å². The second kappa shape index (κ2) is 7.30. The average molecular weight is 348 g/mol. The predicted octanol–water partition coefficient (Wildman–Crippen LogP) is 3.03. The molecular weight excluding hydrogens is 324 g/mol. The van der Waals surface area contributed by atoms with Crippen LogP contribution in [0.1, 0.15) is 30.0 Å². The normalized spacial score (nSPS) is 15.5. The van der Waals surface area contributed by atoms with Crippen LogP contribution in [0, 0.1) is 0 Å². The van der Waals surface area contributed by atoms with Gasteiger partial charge < -0.3 is 9.47 Å². The van der Waals surface area contributed by atoms with Gasteiger partial charge in [0.25, 0.3) is 0 Å². The van der Waals surface area contributed by atoms with Crippen molar-refractivity contribution in [1.82, 2.24) is 19.8 Å². The Morgan fingerprint density at radius 3 is 2.65 bits per heavy atom. The fourth-order valence-electron chi connectivity index (χ4n) is 3.76. The summed E-state index contributed by atoms with van der Waals surface area (Å²) in [6.07, 6.45) is 4.03. The minimum absolute atomic E-state index is 0.172. The summed E-state index contributed by atoms with van der Waals surface area (Å²) in [6, 6.07) is 15.8. The molecule has 0 radical (unpaired) electrons. The number of aryl methyl sites for hydroxylation is 1. The van der Waals surface area contributed by atoms with Crippen LogP contribution in [0.5, 0.6) is 0 Å². The van der Waals surface area contributed by atoms with E-state index >= 15 is 0 Å². The molecule has 1 fully saturated rings. The second-order valence-electron chi connectivity index (χ2n) is 6.90. The molecule has 0 bridgehead atoms. The van der Waals surface area contributed by atoms with Crippen LogP contribution in [0.2, 0.25) is 0 Å². The van der Waals surface area contributed by atoms with Crippen LogP contribution in [-0.4, -0.2) is 33.4 Å². The first kappa shape index (κ1) is 16.8. The Morgan fingerprint density at radius 2 is 1.88 bits per heavy atom. The number of para-hydroxylation sites is 1. The van der Waals surface area contributed by atoms with Crippen molar-refractivity contribution in [3.8, 4) is 0 Å². The van der Waals surface area contributed by atoms with Crippen molar-refractivity contribution in [2.24, 2.45) is 7.05 Å². The average Bonchev–Trinajstić information content (AvgIpc) is 3.33. The Morgan fingerprint density at radius 1 is 1.12 bits per heavy atom. The molecule has 2 aromatic carbocycles. The summed E-state index contributed by atoms with van der Waals surface area (Å²) in [7, 11) is 2.00. The number of carbonyl (C=O) groups is 1. The molecule has 1 saturated heterocycles. The molecule has 0 saturated carbocycles. The second-order valence-corrected chi connectivity index (χ2v) is 6.90. The van der Waals surface area contributed by atoms with Gasteiger partial charge in [0.15, 0.2) is 0 Å². The summed E-state index contributed by atoms with van der Waals surface area (Å²) in [4.78, 5) is 19.5. The van der Waals surface area contributed by atoms with E-state index in [0.717, 1.165) is 48.1 Å². The molecular formula is C21H24N4O. The minimum Gasteiger partial charge on any atom is -0.341 e. The van der Waals surface area contributed by atoms with Gasteiger partial charge in [-0.3, -0.25) is 10.1 Å². The third-order valence-electron chi connectivity index (χ3n) is 5.12. The van der Waals surface area contributed by atoms with E-state index in [9.17, 15) is 4.79 Å². The van der Waals surface area contributed by atoms with Crippen LogP contribution in [-0.2, 0) is 18.4 Å². The van der Waals surface area contributed by atoms with Crippen LogP contribution >= 0.6 is 0 Å². The number of aromatic nitrogens is 2. The Labute approximate surface area is 153 Å². The van der Waals surface area contributed by atoms with Gasteiger partial charge in [0.2, 0.25) is 5.91 Å². The Balaban J connectivity index is 1.60. The van der Waals surface area contributed by atoms with E-state index in [0.29, 0.717) is 6.54 Å². The third-order valence-corrected chi connectivity index (χ3v) is 5.12. The van der Waals surface area contributed by atoms with Crippen molar-refractivity contribution >= 4 is 16.9 Å². The lowest BCUT2D eigenvalue weighted by Gasteiger charge is -2.24. The summed E-state index contributed by atoms with van der Waals surface area (Å²) in [5.41, 5.74) is 4.26. The Hall–Kier alpha value is -2.66. The van der Waals surface area contributed by atoms with E-state index in [1.165, 1.54) is 0 Å². The zero-order valence-corrected chi connectivity index (χ0v) is 15.1. The topological polar surface area (TPSA) is 50.2 Å². The highest BCUT2D eigenvalue weighted by Crippen LogP contribution is 2.22. The number of hydrogen-bond donors (Lipinski definition) is 1. The zero-order chi connectivity index (χ0) is 17.9. The number of likely N-dealkylation sites (tertiary alicyclic amines) is 1.